The minimum atomic E-state index is -0.0809. The smallest absolute Gasteiger partial charge is 0.243 e. The Morgan fingerprint density at radius 2 is 2.19 bits per heavy atom. The molecule has 0 aliphatic heterocycles. The molecule has 16 heavy (non-hydrogen) atoms. The Balaban J connectivity index is 1.95. The first-order chi connectivity index (χ1) is 7.81. The largest absolute Gasteiger partial charge is 0.338 e. The quantitative estimate of drug-likeness (QED) is 0.833. The molecule has 4 heteroatoms. The maximum Gasteiger partial charge on any atom is 0.243 e. The minimum absolute atomic E-state index is 0.0809. The van der Waals surface area contributed by atoms with Crippen LogP contribution in [0, 0.1) is 0 Å². The first kappa shape index (κ1) is 11.6. The Hall–Kier alpha value is -0.900. The molecule has 1 aliphatic rings. The number of nitrogens with zero attached hydrogens (tertiary/aromatic N) is 2. The van der Waals surface area contributed by atoms with Crippen molar-refractivity contribution < 1.29 is 4.52 Å². The highest BCUT2D eigenvalue weighted by Crippen LogP contribution is 2.32. The van der Waals surface area contributed by atoms with Crippen LogP contribution in [0.15, 0.2) is 4.52 Å². The van der Waals surface area contributed by atoms with E-state index in [0.29, 0.717) is 11.8 Å². The molecular weight excluding hydrogens is 202 g/mol. The average molecular weight is 223 g/mol. The molecule has 4 nitrogen and oxygen atoms in total. The van der Waals surface area contributed by atoms with Gasteiger partial charge < -0.3 is 10.3 Å². The van der Waals surface area contributed by atoms with Crippen LogP contribution in [0.2, 0.25) is 0 Å². The molecule has 0 unspecified atom stereocenters. The van der Waals surface area contributed by atoms with Crippen molar-refractivity contribution in [2.24, 2.45) is 5.73 Å². The van der Waals surface area contributed by atoms with Gasteiger partial charge >= 0.3 is 0 Å². The zero-order chi connectivity index (χ0) is 11.4. The first-order valence-corrected chi connectivity index (χ1v) is 6.40. The number of rotatable bonds is 5. The number of unbranched alkanes of at least 4 members (excludes halogenated alkanes) is 1. The maximum atomic E-state index is 6.00. The van der Waals surface area contributed by atoms with Crippen molar-refractivity contribution in [3.8, 4) is 0 Å². The molecule has 1 aromatic rings. The van der Waals surface area contributed by atoms with Gasteiger partial charge in [-0.2, -0.15) is 4.98 Å². The fraction of sp³-hybridized carbons (Fsp3) is 0.833. The second-order valence-corrected chi connectivity index (χ2v) is 4.72. The third kappa shape index (κ3) is 2.61. The van der Waals surface area contributed by atoms with Crippen molar-refractivity contribution in [1.82, 2.24) is 10.1 Å². The van der Waals surface area contributed by atoms with Crippen LogP contribution < -0.4 is 5.73 Å². The molecule has 1 aromatic heterocycles. The van der Waals surface area contributed by atoms with Crippen molar-refractivity contribution in [3.63, 3.8) is 0 Å². The highest BCUT2D eigenvalue weighted by Gasteiger charge is 2.23. The van der Waals surface area contributed by atoms with E-state index in [4.69, 9.17) is 10.3 Å². The number of aromatic nitrogens is 2. The molecule has 0 bridgehead atoms. The van der Waals surface area contributed by atoms with E-state index in [9.17, 15) is 0 Å². The Kier molecular flexibility index (Phi) is 3.93. The molecule has 0 amide bonds. The van der Waals surface area contributed by atoms with Crippen LogP contribution in [-0.2, 0) is 0 Å². The predicted molar refractivity (Wildman–Crippen MR) is 62.0 cm³/mol. The first-order valence-electron chi connectivity index (χ1n) is 6.40. The van der Waals surface area contributed by atoms with E-state index in [1.54, 1.807) is 0 Å². The Bertz CT molecular complexity index is 318. The van der Waals surface area contributed by atoms with Crippen LogP contribution in [0.25, 0.3) is 0 Å². The summed E-state index contributed by atoms with van der Waals surface area (Å²) in [7, 11) is 0. The van der Waals surface area contributed by atoms with Crippen molar-refractivity contribution in [1.29, 1.82) is 0 Å². The molecule has 0 spiro atoms. The van der Waals surface area contributed by atoms with Crippen molar-refractivity contribution in [2.45, 2.75) is 63.8 Å². The molecule has 2 N–H and O–H groups in total. The molecule has 2 rings (SSSR count). The summed E-state index contributed by atoms with van der Waals surface area (Å²) in [5.41, 5.74) is 6.00. The van der Waals surface area contributed by atoms with E-state index in [1.165, 1.54) is 25.7 Å². The number of hydrogen-bond acceptors (Lipinski definition) is 4. The number of hydrogen-bond donors (Lipinski definition) is 1. The van der Waals surface area contributed by atoms with Crippen molar-refractivity contribution in [3.05, 3.63) is 11.7 Å². The minimum Gasteiger partial charge on any atom is -0.338 e. The molecule has 0 saturated heterocycles. The normalized spacial score (nSPS) is 19.1. The van der Waals surface area contributed by atoms with Crippen molar-refractivity contribution in [2.75, 3.05) is 0 Å². The number of nitrogens with two attached hydrogens (primary N) is 1. The van der Waals surface area contributed by atoms with Gasteiger partial charge in [-0.1, -0.05) is 37.8 Å². The van der Waals surface area contributed by atoms with Crippen LogP contribution >= 0.6 is 0 Å². The highest BCUT2D eigenvalue weighted by molar-refractivity contribution is 4.99. The van der Waals surface area contributed by atoms with E-state index in [-0.39, 0.29) is 6.04 Å². The fourth-order valence-corrected chi connectivity index (χ4v) is 2.30. The van der Waals surface area contributed by atoms with Crippen LogP contribution in [0.4, 0.5) is 0 Å². The lowest BCUT2D eigenvalue weighted by molar-refractivity contribution is 0.340. The summed E-state index contributed by atoms with van der Waals surface area (Å²) in [4.78, 5) is 4.44. The van der Waals surface area contributed by atoms with Gasteiger partial charge in [-0.05, 0) is 19.3 Å². The molecule has 0 radical (unpaired) electrons. The zero-order valence-electron chi connectivity index (χ0n) is 9.98. The third-order valence-corrected chi connectivity index (χ3v) is 3.36. The van der Waals surface area contributed by atoms with Crippen LogP contribution in [0.3, 0.4) is 0 Å². The molecule has 1 fully saturated rings. The third-order valence-electron chi connectivity index (χ3n) is 3.36. The zero-order valence-corrected chi connectivity index (χ0v) is 9.98. The van der Waals surface area contributed by atoms with Gasteiger partial charge in [-0.3, -0.25) is 0 Å². The van der Waals surface area contributed by atoms with Crippen molar-refractivity contribution >= 4 is 0 Å². The second-order valence-electron chi connectivity index (χ2n) is 4.72. The van der Waals surface area contributed by atoms with E-state index in [1.807, 2.05) is 0 Å². The fourth-order valence-electron chi connectivity index (χ4n) is 2.30. The lowest BCUT2D eigenvalue weighted by Gasteiger charge is -2.04. The standard InChI is InChI=1S/C12H21N3O/c1-2-3-8-10(13)12-14-11(15-16-12)9-6-4-5-7-9/h9-10H,2-8,13H2,1H3/t10-/m0/s1. The summed E-state index contributed by atoms with van der Waals surface area (Å²) in [6.07, 6.45) is 8.17. The second kappa shape index (κ2) is 5.43. The lowest BCUT2D eigenvalue weighted by atomic mass is 10.1. The Labute approximate surface area is 96.6 Å². The highest BCUT2D eigenvalue weighted by atomic mass is 16.5. The predicted octanol–water partition coefficient (Wildman–Crippen LogP) is 2.92. The summed E-state index contributed by atoms with van der Waals surface area (Å²) >= 11 is 0. The molecular formula is C12H21N3O. The van der Waals surface area contributed by atoms with Gasteiger partial charge in [0.1, 0.15) is 0 Å². The Morgan fingerprint density at radius 1 is 1.44 bits per heavy atom. The van der Waals surface area contributed by atoms with E-state index >= 15 is 0 Å². The van der Waals surface area contributed by atoms with Crippen LogP contribution in [0.5, 0.6) is 0 Å². The molecule has 1 heterocycles. The lowest BCUT2D eigenvalue weighted by Crippen LogP contribution is -2.10. The summed E-state index contributed by atoms with van der Waals surface area (Å²) in [6, 6.07) is -0.0809. The Morgan fingerprint density at radius 3 is 2.88 bits per heavy atom. The monoisotopic (exact) mass is 223 g/mol. The topological polar surface area (TPSA) is 64.9 Å². The van der Waals surface area contributed by atoms with Gasteiger partial charge in [-0.15, -0.1) is 0 Å². The summed E-state index contributed by atoms with van der Waals surface area (Å²) in [5.74, 6) is 2.01. The molecule has 1 atom stereocenters. The van der Waals surface area contributed by atoms with Gasteiger partial charge in [0.15, 0.2) is 5.82 Å². The van der Waals surface area contributed by atoms with Gasteiger partial charge in [0, 0.05) is 5.92 Å². The molecule has 90 valence electrons. The molecule has 1 saturated carbocycles. The maximum absolute atomic E-state index is 6.00. The van der Waals surface area contributed by atoms with Gasteiger partial charge in [0.2, 0.25) is 5.89 Å². The van der Waals surface area contributed by atoms with Gasteiger partial charge in [-0.25, -0.2) is 0 Å². The summed E-state index contributed by atoms with van der Waals surface area (Å²) in [6.45, 7) is 2.16. The molecule has 0 aromatic carbocycles. The summed E-state index contributed by atoms with van der Waals surface area (Å²) in [5, 5.41) is 4.06. The van der Waals surface area contributed by atoms with Crippen LogP contribution in [0.1, 0.15) is 75.5 Å². The molecule has 1 aliphatic carbocycles. The van der Waals surface area contributed by atoms with E-state index in [2.05, 4.69) is 17.1 Å². The average Bonchev–Trinajstić information content (AvgIpc) is 2.94. The van der Waals surface area contributed by atoms with Gasteiger partial charge in [0.25, 0.3) is 0 Å². The van der Waals surface area contributed by atoms with Gasteiger partial charge in [0.05, 0.1) is 6.04 Å². The summed E-state index contributed by atoms with van der Waals surface area (Å²) < 4.78 is 5.25. The van der Waals surface area contributed by atoms with Crippen LogP contribution in [-0.4, -0.2) is 10.1 Å². The van der Waals surface area contributed by atoms with E-state index < -0.39 is 0 Å². The van der Waals surface area contributed by atoms with E-state index in [0.717, 1.165) is 25.1 Å². The SMILES string of the molecule is CCCC[C@H](N)c1nc(C2CCCC2)no1.